The van der Waals surface area contributed by atoms with Crippen LogP contribution in [0.2, 0.25) is 0 Å². The van der Waals surface area contributed by atoms with Gasteiger partial charge < -0.3 is 5.11 Å². The van der Waals surface area contributed by atoms with Gasteiger partial charge in [-0.15, -0.1) is 0 Å². The molecule has 1 N–H and O–H groups in total. The summed E-state index contributed by atoms with van der Waals surface area (Å²) in [5, 5.41) is 14.7. The highest BCUT2D eigenvalue weighted by Gasteiger charge is 2.49. The van der Waals surface area contributed by atoms with Crippen LogP contribution in [0.3, 0.4) is 0 Å². The van der Waals surface area contributed by atoms with Crippen molar-refractivity contribution in [2.45, 2.75) is 58.8 Å². The van der Waals surface area contributed by atoms with Gasteiger partial charge >= 0.3 is 0 Å². The Morgan fingerprint density at radius 2 is 2.25 bits per heavy atom. The molecule has 2 unspecified atom stereocenters. The van der Waals surface area contributed by atoms with Crippen LogP contribution in [0.1, 0.15) is 49.8 Å². The number of nitrogens with zero attached hydrogens (tertiary/aromatic N) is 3. The number of hydrogen-bond acceptors (Lipinski definition) is 4. The minimum atomic E-state index is -0.250. The van der Waals surface area contributed by atoms with Crippen LogP contribution in [0, 0.1) is 5.41 Å². The Bertz CT molecular complexity index is 537. The standard InChI is InChI=1S/C15H23N3O2/c1-10(2)17-7-12-6-13(11(3)19)16-18(12)9-15(8-17)5-4-14(15)20/h6,10,14,20H,4-5,7-9H2,1-3H3. The highest BCUT2D eigenvalue weighted by Crippen LogP contribution is 2.45. The molecule has 0 saturated heterocycles. The minimum absolute atomic E-state index is 0.00452. The third-order valence-electron chi connectivity index (χ3n) is 4.92. The zero-order valence-corrected chi connectivity index (χ0v) is 12.5. The third-order valence-corrected chi connectivity index (χ3v) is 4.92. The van der Waals surface area contributed by atoms with Crippen LogP contribution in [0.15, 0.2) is 6.07 Å². The summed E-state index contributed by atoms with van der Waals surface area (Å²) in [6.07, 6.45) is 1.66. The Balaban J connectivity index is 1.98. The van der Waals surface area contributed by atoms with Crippen molar-refractivity contribution in [2.75, 3.05) is 6.54 Å². The van der Waals surface area contributed by atoms with E-state index in [0.717, 1.165) is 38.2 Å². The van der Waals surface area contributed by atoms with Gasteiger partial charge in [0.1, 0.15) is 5.69 Å². The van der Waals surface area contributed by atoms with Crippen LogP contribution in [-0.2, 0) is 13.1 Å². The van der Waals surface area contributed by atoms with Crippen molar-refractivity contribution in [2.24, 2.45) is 5.41 Å². The van der Waals surface area contributed by atoms with Crippen LogP contribution in [0.4, 0.5) is 0 Å². The van der Waals surface area contributed by atoms with Crippen molar-refractivity contribution in [3.63, 3.8) is 0 Å². The smallest absolute Gasteiger partial charge is 0.179 e. The predicted molar refractivity (Wildman–Crippen MR) is 75.5 cm³/mol. The summed E-state index contributed by atoms with van der Waals surface area (Å²) in [4.78, 5) is 13.9. The number of fused-ring (bicyclic) bond motifs is 1. The number of carbonyl (C=O) groups is 1. The molecule has 0 amide bonds. The van der Waals surface area contributed by atoms with Gasteiger partial charge in [0.05, 0.1) is 18.3 Å². The fourth-order valence-corrected chi connectivity index (χ4v) is 3.32. The number of ketones is 1. The molecular weight excluding hydrogens is 254 g/mol. The highest BCUT2D eigenvalue weighted by atomic mass is 16.3. The van der Waals surface area contributed by atoms with E-state index in [4.69, 9.17) is 0 Å². The first-order valence-corrected chi connectivity index (χ1v) is 7.41. The molecule has 1 saturated carbocycles. The second-order valence-electron chi connectivity index (χ2n) is 6.65. The Morgan fingerprint density at radius 3 is 2.75 bits per heavy atom. The van der Waals surface area contributed by atoms with E-state index in [0.29, 0.717) is 11.7 Å². The summed E-state index contributed by atoms with van der Waals surface area (Å²) in [5.41, 5.74) is 1.53. The summed E-state index contributed by atoms with van der Waals surface area (Å²) in [5.74, 6) is 0.00452. The van der Waals surface area contributed by atoms with Crippen molar-refractivity contribution in [1.29, 1.82) is 0 Å². The average molecular weight is 277 g/mol. The number of carbonyl (C=O) groups excluding carboxylic acids is 1. The first-order chi connectivity index (χ1) is 9.41. The molecule has 20 heavy (non-hydrogen) atoms. The number of aliphatic hydroxyl groups excluding tert-OH is 1. The fraction of sp³-hybridized carbons (Fsp3) is 0.733. The molecule has 2 aliphatic rings. The van der Waals surface area contributed by atoms with Crippen LogP contribution in [0.25, 0.3) is 0 Å². The van der Waals surface area contributed by atoms with E-state index in [9.17, 15) is 9.90 Å². The molecule has 1 aromatic heterocycles. The van der Waals surface area contributed by atoms with Crippen LogP contribution >= 0.6 is 0 Å². The molecule has 5 nitrogen and oxygen atoms in total. The molecule has 0 radical (unpaired) electrons. The van der Waals surface area contributed by atoms with Crippen molar-refractivity contribution in [3.05, 3.63) is 17.5 Å². The largest absolute Gasteiger partial charge is 0.392 e. The van der Waals surface area contributed by atoms with Gasteiger partial charge in [-0.2, -0.15) is 5.10 Å². The van der Waals surface area contributed by atoms with Gasteiger partial charge in [0, 0.05) is 31.5 Å². The van der Waals surface area contributed by atoms with Gasteiger partial charge in [-0.05, 0) is 32.8 Å². The molecule has 1 aliphatic carbocycles. The normalized spacial score (nSPS) is 30.1. The number of hydrogen-bond donors (Lipinski definition) is 1. The number of rotatable bonds is 2. The van der Waals surface area contributed by atoms with Crippen molar-refractivity contribution >= 4 is 5.78 Å². The van der Waals surface area contributed by atoms with E-state index in [1.807, 2.05) is 10.7 Å². The Labute approximate surface area is 119 Å². The number of Topliss-reactive ketones (excluding diaryl/α,β-unsaturated/α-hetero) is 1. The summed E-state index contributed by atoms with van der Waals surface area (Å²) in [7, 11) is 0. The van der Waals surface area contributed by atoms with Gasteiger partial charge in [-0.3, -0.25) is 14.4 Å². The first-order valence-electron chi connectivity index (χ1n) is 7.41. The Hall–Kier alpha value is -1.20. The lowest BCUT2D eigenvalue weighted by Crippen LogP contribution is -2.54. The molecule has 0 bridgehead atoms. The van der Waals surface area contributed by atoms with Crippen molar-refractivity contribution < 1.29 is 9.90 Å². The lowest BCUT2D eigenvalue weighted by Gasteiger charge is -2.48. The molecule has 1 spiro atoms. The fourth-order valence-electron chi connectivity index (χ4n) is 3.32. The number of aliphatic hydroxyl groups is 1. The van der Waals surface area contributed by atoms with Gasteiger partial charge in [-0.25, -0.2) is 0 Å². The van der Waals surface area contributed by atoms with Gasteiger partial charge in [0.2, 0.25) is 0 Å². The quantitative estimate of drug-likeness (QED) is 0.831. The van der Waals surface area contributed by atoms with Crippen LogP contribution in [0.5, 0.6) is 0 Å². The van der Waals surface area contributed by atoms with E-state index in [-0.39, 0.29) is 17.3 Å². The van der Waals surface area contributed by atoms with E-state index < -0.39 is 0 Å². The molecule has 1 aliphatic heterocycles. The highest BCUT2D eigenvalue weighted by molar-refractivity contribution is 5.92. The summed E-state index contributed by atoms with van der Waals surface area (Å²) < 4.78 is 1.95. The van der Waals surface area contributed by atoms with Gasteiger partial charge in [0.25, 0.3) is 0 Å². The summed E-state index contributed by atoms with van der Waals surface area (Å²) in [6, 6.07) is 2.32. The van der Waals surface area contributed by atoms with Crippen molar-refractivity contribution in [3.8, 4) is 0 Å². The maximum absolute atomic E-state index is 11.5. The minimum Gasteiger partial charge on any atom is -0.392 e. The molecule has 5 heteroatoms. The molecule has 110 valence electrons. The second-order valence-corrected chi connectivity index (χ2v) is 6.65. The summed E-state index contributed by atoms with van der Waals surface area (Å²) in [6.45, 7) is 8.33. The van der Waals surface area contributed by atoms with E-state index in [1.165, 1.54) is 0 Å². The predicted octanol–water partition coefficient (Wildman–Crippen LogP) is 1.45. The average Bonchev–Trinajstić information content (AvgIpc) is 2.70. The molecule has 2 atom stereocenters. The SMILES string of the molecule is CC(=O)c1cc2n(n1)CC1(CCC1O)CN(C(C)C)C2. The second kappa shape index (κ2) is 4.67. The monoisotopic (exact) mass is 277 g/mol. The van der Waals surface area contributed by atoms with E-state index in [2.05, 4.69) is 23.8 Å². The molecule has 0 aromatic carbocycles. The lowest BCUT2D eigenvalue weighted by atomic mass is 9.65. The van der Waals surface area contributed by atoms with Crippen LogP contribution < -0.4 is 0 Å². The zero-order chi connectivity index (χ0) is 14.5. The maximum atomic E-state index is 11.5. The van der Waals surface area contributed by atoms with Gasteiger partial charge in [0.15, 0.2) is 5.78 Å². The third kappa shape index (κ3) is 2.09. The van der Waals surface area contributed by atoms with Crippen molar-refractivity contribution in [1.82, 2.24) is 14.7 Å². The van der Waals surface area contributed by atoms with E-state index in [1.54, 1.807) is 6.92 Å². The molecular formula is C15H23N3O2. The Kier molecular flexibility index (Phi) is 3.21. The molecule has 3 rings (SSSR count). The summed E-state index contributed by atoms with van der Waals surface area (Å²) >= 11 is 0. The first kappa shape index (κ1) is 13.8. The zero-order valence-electron chi connectivity index (χ0n) is 12.5. The van der Waals surface area contributed by atoms with E-state index >= 15 is 0 Å². The molecule has 2 heterocycles. The number of aromatic nitrogens is 2. The Morgan fingerprint density at radius 1 is 1.50 bits per heavy atom. The lowest BCUT2D eigenvalue weighted by molar-refractivity contribution is -0.0942. The van der Waals surface area contributed by atoms with Crippen LogP contribution in [-0.4, -0.2) is 44.3 Å². The topological polar surface area (TPSA) is 58.4 Å². The molecule has 1 aromatic rings. The maximum Gasteiger partial charge on any atom is 0.179 e. The molecule has 1 fully saturated rings. The van der Waals surface area contributed by atoms with Gasteiger partial charge in [-0.1, -0.05) is 0 Å².